The third kappa shape index (κ3) is 3.59. The van der Waals surface area contributed by atoms with E-state index >= 15 is 0 Å². The average molecular weight is 261 g/mol. The predicted molar refractivity (Wildman–Crippen MR) is 58.5 cm³/mol. The molecule has 10 heteroatoms. The summed E-state index contributed by atoms with van der Waals surface area (Å²) in [4.78, 5) is 15.8. The average Bonchev–Trinajstić information content (AvgIpc) is 2.57. The van der Waals surface area contributed by atoms with Crippen molar-refractivity contribution in [2.75, 3.05) is 6.54 Å². The summed E-state index contributed by atoms with van der Waals surface area (Å²) in [6.07, 6.45) is 1.10. The molecule has 0 spiro atoms. The quantitative estimate of drug-likeness (QED) is 0.282. The summed E-state index contributed by atoms with van der Waals surface area (Å²) in [5, 5.41) is 23.4. The zero-order chi connectivity index (χ0) is 13.1. The summed E-state index contributed by atoms with van der Waals surface area (Å²) < 4.78 is 1.21. The van der Waals surface area contributed by atoms with Gasteiger partial charge in [0.15, 0.2) is 0 Å². The zero-order valence-electron chi connectivity index (χ0n) is 8.82. The van der Waals surface area contributed by atoms with E-state index < -0.39 is 16.3 Å². The molecule has 9 nitrogen and oxygen atoms in total. The van der Waals surface area contributed by atoms with Crippen molar-refractivity contribution in [2.45, 2.75) is 19.1 Å². The van der Waals surface area contributed by atoms with Gasteiger partial charge in [0.25, 0.3) is 0 Å². The normalized spacial score (nSPS) is 13.8. The largest absolute Gasteiger partial charge is 0.388 e. The number of imidazole rings is 1. The first-order valence-corrected chi connectivity index (χ1v) is 4.84. The molecular formula is C7H9ClN6O3. The van der Waals surface area contributed by atoms with Gasteiger partial charge in [-0.15, -0.1) is 0 Å². The van der Waals surface area contributed by atoms with Crippen LogP contribution in [0.1, 0.15) is 6.92 Å². The Balaban J connectivity index is 2.87. The van der Waals surface area contributed by atoms with Gasteiger partial charge in [-0.3, -0.25) is 4.57 Å². The van der Waals surface area contributed by atoms with Gasteiger partial charge in [0.2, 0.25) is 0 Å². The maximum Gasteiger partial charge on any atom is 0.383 e. The highest BCUT2D eigenvalue weighted by Crippen LogP contribution is 2.18. The van der Waals surface area contributed by atoms with Gasteiger partial charge in [0.1, 0.15) is 6.20 Å². The molecule has 92 valence electrons. The highest BCUT2D eigenvalue weighted by molar-refractivity contribution is 6.28. The van der Waals surface area contributed by atoms with E-state index in [1.54, 1.807) is 0 Å². The molecule has 1 atom stereocenters. The highest BCUT2D eigenvalue weighted by atomic mass is 35.5. The Morgan fingerprint density at radius 1 is 1.88 bits per heavy atom. The monoisotopic (exact) mass is 260 g/mol. The first-order chi connectivity index (χ1) is 7.85. The molecule has 1 N–H and O–H groups in total. The molecule has 0 aliphatic carbocycles. The summed E-state index contributed by atoms with van der Waals surface area (Å²) in [5.41, 5.74) is 6.78. The molecule has 0 aliphatic rings. The summed E-state index contributed by atoms with van der Waals surface area (Å²) in [6.45, 7) is 1.18. The van der Waals surface area contributed by atoms with Crippen LogP contribution in [-0.4, -0.2) is 31.7 Å². The number of aliphatic hydroxyl groups is 1. The van der Waals surface area contributed by atoms with Gasteiger partial charge in [-0.1, -0.05) is 5.11 Å². The molecule has 17 heavy (non-hydrogen) atoms. The minimum Gasteiger partial charge on any atom is -0.388 e. The molecule has 0 saturated carbocycles. The number of nitro groups is 1. The van der Waals surface area contributed by atoms with Crippen LogP contribution in [0.2, 0.25) is 5.28 Å². The van der Waals surface area contributed by atoms with E-state index in [4.69, 9.17) is 17.1 Å². The topological polar surface area (TPSA) is 130 Å². The fourth-order valence-electron chi connectivity index (χ4n) is 1.18. The lowest BCUT2D eigenvalue weighted by Gasteiger charge is -2.20. The molecular weight excluding hydrogens is 252 g/mol. The fourth-order valence-corrected chi connectivity index (χ4v) is 1.38. The van der Waals surface area contributed by atoms with Gasteiger partial charge in [-0.25, -0.2) is 0 Å². The van der Waals surface area contributed by atoms with Crippen molar-refractivity contribution in [2.24, 2.45) is 5.11 Å². The van der Waals surface area contributed by atoms with Crippen molar-refractivity contribution in [1.29, 1.82) is 0 Å². The summed E-state index contributed by atoms with van der Waals surface area (Å²) in [7, 11) is 0. The Labute approximate surface area is 100 Å². The van der Waals surface area contributed by atoms with Gasteiger partial charge < -0.3 is 15.2 Å². The van der Waals surface area contributed by atoms with Crippen LogP contribution in [-0.2, 0) is 6.54 Å². The number of azide groups is 1. The number of halogens is 1. The van der Waals surface area contributed by atoms with Crippen molar-refractivity contribution in [3.8, 4) is 0 Å². The van der Waals surface area contributed by atoms with Gasteiger partial charge in [-0.2, -0.15) is 0 Å². The molecule has 1 aromatic heterocycles. The maximum atomic E-state index is 10.4. The molecule has 0 amide bonds. The Morgan fingerprint density at radius 2 is 2.53 bits per heavy atom. The summed E-state index contributed by atoms with van der Waals surface area (Å²) in [6, 6.07) is 0. The fraction of sp³-hybridized carbons (Fsp3) is 0.571. The lowest BCUT2D eigenvalue weighted by atomic mass is 10.1. The number of rotatable bonds is 5. The van der Waals surface area contributed by atoms with E-state index in [1.165, 1.54) is 11.5 Å². The summed E-state index contributed by atoms with van der Waals surface area (Å²) in [5.74, 6) is -0.408. The van der Waals surface area contributed by atoms with E-state index in [9.17, 15) is 15.2 Å². The molecule has 1 heterocycles. The van der Waals surface area contributed by atoms with Crippen molar-refractivity contribution >= 4 is 17.4 Å². The number of hydrogen-bond acceptors (Lipinski definition) is 5. The van der Waals surface area contributed by atoms with E-state index in [2.05, 4.69) is 15.0 Å². The van der Waals surface area contributed by atoms with E-state index in [0.29, 0.717) is 0 Å². The Bertz CT molecular complexity index is 478. The SMILES string of the molecule is CC(O)(CN=[N+]=[N-])Cn1cc([N+](=O)[O-])nc1Cl. The standard InChI is InChI=1S/C7H9ClN6O3/c1-7(15,3-10-12-9)4-13-2-5(14(16)17)11-6(13)8/h2,15H,3-4H2,1H3. The Hall–Kier alpha value is -1.83. The van der Waals surface area contributed by atoms with Crippen LogP contribution in [0.4, 0.5) is 5.82 Å². The minimum absolute atomic E-state index is 0.0638. The van der Waals surface area contributed by atoms with Crippen LogP contribution in [0.15, 0.2) is 11.3 Å². The molecule has 1 unspecified atom stereocenters. The molecule has 0 aromatic carbocycles. The number of aromatic nitrogens is 2. The van der Waals surface area contributed by atoms with Crippen LogP contribution < -0.4 is 0 Å². The molecule has 1 aromatic rings. The predicted octanol–water partition coefficient (Wildman–Crippen LogP) is 1.51. The first-order valence-electron chi connectivity index (χ1n) is 4.46. The second-order valence-electron chi connectivity index (χ2n) is 3.64. The molecule has 0 fully saturated rings. The van der Waals surface area contributed by atoms with Crippen LogP contribution >= 0.6 is 11.6 Å². The first kappa shape index (κ1) is 13.2. The van der Waals surface area contributed by atoms with E-state index in [0.717, 1.165) is 6.20 Å². The third-order valence-corrected chi connectivity index (χ3v) is 2.19. The molecule has 0 bridgehead atoms. The maximum absolute atomic E-state index is 10.4. The van der Waals surface area contributed by atoms with Crippen molar-refractivity contribution in [1.82, 2.24) is 9.55 Å². The van der Waals surface area contributed by atoms with Crippen LogP contribution in [0, 0.1) is 10.1 Å². The second-order valence-corrected chi connectivity index (χ2v) is 3.98. The molecule has 1 rings (SSSR count). The molecule has 0 aliphatic heterocycles. The van der Waals surface area contributed by atoms with Crippen LogP contribution in [0.3, 0.4) is 0 Å². The van der Waals surface area contributed by atoms with Crippen molar-refractivity contribution in [3.05, 3.63) is 32.0 Å². The van der Waals surface area contributed by atoms with Crippen LogP contribution in [0.5, 0.6) is 0 Å². The summed E-state index contributed by atoms with van der Waals surface area (Å²) >= 11 is 5.66. The number of nitrogens with zero attached hydrogens (tertiary/aromatic N) is 6. The van der Waals surface area contributed by atoms with E-state index in [-0.39, 0.29) is 18.4 Å². The van der Waals surface area contributed by atoms with Crippen molar-refractivity contribution < 1.29 is 10.0 Å². The molecule has 0 radical (unpaired) electrons. The minimum atomic E-state index is -1.36. The van der Waals surface area contributed by atoms with Crippen molar-refractivity contribution in [3.63, 3.8) is 0 Å². The van der Waals surface area contributed by atoms with Gasteiger partial charge >= 0.3 is 11.1 Å². The van der Waals surface area contributed by atoms with Gasteiger partial charge in [0.05, 0.1) is 18.7 Å². The Morgan fingerprint density at radius 3 is 3.00 bits per heavy atom. The lowest BCUT2D eigenvalue weighted by molar-refractivity contribution is -0.389. The van der Waals surface area contributed by atoms with E-state index in [1.807, 2.05) is 0 Å². The smallest absolute Gasteiger partial charge is 0.383 e. The second kappa shape index (κ2) is 5.00. The lowest BCUT2D eigenvalue weighted by Crippen LogP contribution is -2.33. The van der Waals surface area contributed by atoms with Crippen LogP contribution in [0.25, 0.3) is 10.4 Å². The Kier molecular flexibility index (Phi) is 3.89. The molecule has 0 saturated heterocycles. The third-order valence-electron chi connectivity index (χ3n) is 1.89. The van der Waals surface area contributed by atoms with Gasteiger partial charge in [0, 0.05) is 4.91 Å². The van der Waals surface area contributed by atoms with Gasteiger partial charge in [-0.05, 0) is 34.0 Å². The zero-order valence-corrected chi connectivity index (χ0v) is 9.57. The number of hydrogen-bond donors (Lipinski definition) is 1. The highest BCUT2D eigenvalue weighted by Gasteiger charge is 2.25.